The summed E-state index contributed by atoms with van der Waals surface area (Å²) < 4.78 is 0. The lowest BCUT2D eigenvalue weighted by atomic mass is 9.50. The summed E-state index contributed by atoms with van der Waals surface area (Å²) in [6.45, 7) is 6.51. The van der Waals surface area contributed by atoms with E-state index in [0.29, 0.717) is 29.3 Å². The van der Waals surface area contributed by atoms with Gasteiger partial charge < -0.3 is 0 Å². The minimum atomic E-state index is 0.252. The minimum absolute atomic E-state index is 0.252. The van der Waals surface area contributed by atoms with Gasteiger partial charge in [-0.3, -0.25) is 9.59 Å². The Kier molecular flexibility index (Phi) is 3.59. The molecule has 2 heteroatoms. The highest BCUT2D eigenvalue weighted by Crippen LogP contribution is 2.64. The molecule has 0 heterocycles. The zero-order valence-electron chi connectivity index (χ0n) is 14.8. The van der Waals surface area contributed by atoms with Crippen LogP contribution in [0.2, 0.25) is 0 Å². The standard InChI is InChI=1S/C21H30O2/c1-12-10-15(23)11-14-4-5-16-17(20(12)14)8-9-21(3)18(13(2)22)6-7-19(16)21/h11-12,16-20H,4-10H2,1-3H3/t12-,16+,17-,18+,19-,20-,21+/m0/s1. The van der Waals surface area contributed by atoms with Crippen LogP contribution in [0.1, 0.15) is 65.7 Å². The van der Waals surface area contributed by atoms with Crippen LogP contribution in [-0.2, 0) is 9.59 Å². The molecule has 3 saturated carbocycles. The Morgan fingerprint density at radius 2 is 1.96 bits per heavy atom. The van der Waals surface area contributed by atoms with Crippen LogP contribution in [0, 0.1) is 40.9 Å². The van der Waals surface area contributed by atoms with E-state index in [1.54, 1.807) is 6.92 Å². The highest BCUT2D eigenvalue weighted by molar-refractivity contribution is 5.91. The van der Waals surface area contributed by atoms with Crippen LogP contribution in [0.3, 0.4) is 0 Å². The first-order valence-corrected chi connectivity index (χ1v) is 9.65. The number of Topliss-reactive ketones (excluding diaryl/α,β-unsaturated/α-hetero) is 1. The summed E-state index contributed by atoms with van der Waals surface area (Å²) in [5.74, 6) is 4.52. The third-order valence-corrected chi connectivity index (χ3v) is 8.12. The molecule has 0 aromatic carbocycles. The van der Waals surface area contributed by atoms with Gasteiger partial charge in [0, 0.05) is 12.3 Å². The van der Waals surface area contributed by atoms with Crippen molar-refractivity contribution in [2.45, 2.75) is 65.7 Å². The summed E-state index contributed by atoms with van der Waals surface area (Å²) in [5, 5.41) is 0. The normalized spacial score (nSPS) is 49.0. The lowest BCUT2D eigenvalue weighted by Crippen LogP contribution is -2.48. The predicted molar refractivity (Wildman–Crippen MR) is 90.8 cm³/mol. The van der Waals surface area contributed by atoms with E-state index in [0.717, 1.165) is 37.0 Å². The molecule has 0 saturated heterocycles. The molecule has 0 aliphatic heterocycles. The summed E-state index contributed by atoms with van der Waals surface area (Å²) in [6, 6.07) is 0. The van der Waals surface area contributed by atoms with Crippen molar-refractivity contribution in [3.05, 3.63) is 11.6 Å². The van der Waals surface area contributed by atoms with E-state index >= 15 is 0 Å². The fraction of sp³-hybridized carbons (Fsp3) is 0.810. The van der Waals surface area contributed by atoms with Gasteiger partial charge in [-0.2, -0.15) is 0 Å². The second-order valence-electron chi connectivity index (χ2n) is 9.15. The highest BCUT2D eigenvalue weighted by Gasteiger charge is 2.57. The van der Waals surface area contributed by atoms with Crippen LogP contribution < -0.4 is 0 Å². The summed E-state index contributed by atoms with van der Waals surface area (Å²) in [5.41, 5.74) is 1.71. The molecule has 0 spiro atoms. The zero-order chi connectivity index (χ0) is 16.4. The van der Waals surface area contributed by atoms with E-state index < -0.39 is 0 Å². The molecule has 0 N–H and O–H groups in total. The van der Waals surface area contributed by atoms with E-state index in [9.17, 15) is 9.59 Å². The van der Waals surface area contributed by atoms with E-state index in [4.69, 9.17) is 0 Å². The van der Waals surface area contributed by atoms with E-state index in [1.807, 2.05) is 6.08 Å². The SMILES string of the molecule is CC(=O)[C@H]1CC[C@H]2[C@@H]3CCC4=CC(=O)C[C@H](C)[C@@H]4[C@H]3CC[C@]12C. The number of carbonyl (C=O) groups is 2. The number of rotatable bonds is 1. The fourth-order valence-corrected chi connectivity index (χ4v) is 7.29. The first-order valence-electron chi connectivity index (χ1n) is 9.65. The number of allylic oxidation sites excluding steroid dienone is 1. The smallest absolute Gasteiger partial charge is 0.155 e. The predicted octanol–water partition coefficient (Wildman–Crippen LogP) is 4.58. The maximum absolute atomic E-state index is 12.1. The minimum Gasteiger partial charge on any atom is -0.300 e. The van der Waals surface area contributed by atoms with Gasteiger partial charge in [0.05, 0.1) is 0 Å². The topological polar surface area (TPSA) is 34.1 Å². The van der Waals surface area contributed by atoms with Gasteiger partial charge in [-0.25, -0.2) is 0 Å². The Labute approximate surface area is 140 Å². The monoisotopic (exact) mass is 314 g/mol. The molecular formula is C21H30O2. The third kappa shape index (κ3) is 2.20. The molecule has 0 aromatic rings. The molecule has 0 unspecified atom stereocenters. The molecular weight excluding hydrogens is 284 g/mol. The molecule has 4 aliphatic carbocycles. The number of ketones is 2. The summed E-state index contributed by atoms with van der Waals surface area (Å²) in [7, 11) is 0. The van der Waals surface area contributed by atoms with Gasteiger partial charge in [0.1, 0.15) is 5.78 Å². The molecule has 23 heavy (non-hydrogen) atoms. The fourth-order valence-electron chi connectivity index (χ4n) is 7.29. The molecule has 4 aliphatic rings. The van der Waals surface area contributed by atoms with Gasteiger partial charge in [-0.1, -0.05) is 19.4 Å². The van der Waals surface area contributed by atoms with Crippen LogP contribution in [0.4, 0.5) is 0 Å². The largest absolute Gasteiger partial charge is 0.300 e. The molecule has 7 atom stereocenters. The average molecular weight is 314 g/mol. The first-order chi connectivity index (χ1) is 10.9. The van der Waals surface area contributed by atoms with Crippen LogP contribution >= 0.6 is 0 Å². The summed E-state index contributed by atoms with van der Waals surface area (Å²) >= 11 is 0. The Hall–Kier alpha value is -0.920. The summed E-state index contributed by atoms with van der Waals surface area (Å²) in [4.78, 5) is 24.1. The van der Waals surface area contributed by atoms with Gasteiger partial charge in [0.2, 0.25) is 0 Å². The molecule has 0 bridgehead atoms. The van der Waals surface area contributed by atoms with Crippen molar-refractivity contribution >= 4 is 11.6 Å². The van der Waals surface area contributed by atoms with Crippen LogP contribution in [-0.4, -0.2) is 11.6 Å². The second kappa shape index (κ2) is 5.29. The van der Waals surface area contributed by atoms with Crippen molar-refractivity contribution < 1.29 is 9.59 Å². The Morgan fingerprint density at radius 1 is 1.17 bits per heavy atom. The van der Waals surface area contributed by atoms with E-state index in [1.165, 1.54) is 31.3 Å². The molecule has 126 valence electrons. The molecule has 0 radical (unpaired) electrons. The lowest BCUT2D eigenvalue weighted by Gasteiger charge is -2.55. The quantitative estimate of drug-likeness (QED) is 0.710. The molecule has 4 rings (SSSR count). The van der Waals surface area contributed by atoms with Crippen LogP contribution in [0.5, 0.6) is 0 Å². The Morgan fingerprint density at radius 3 is 2.70 bits per heavy atom. The van der Waals surface area contributed by atoms with Crippen molar-refractivity contribution in [2.75, 3.05) is 0 Å². The number of carbonyl (C=O) groups excluding carboxylic acids is 2. The van der Waals surface area contributed by atoms with E-state index in [2.05, 4.69) is 13.8 Å². The Bertz CT molecular complexity index is 574. The highest BCUT2D eigenvalue weighted by atomic mass is 16.1. The van der Waals surface area contributed by atoms with Crippen molar-refractivity contribution in [1.82, 2.24) is 0 Å². The molecule has 2 nitrogen and oxygen atoms in total. The van der Waals surface area contributed by atoms with Crippen molar-refractivity contribution in [2.24, 2.45) is 40.9 Å². The first kappa shape index (κ1) is 15.6. The van der Waals surface area contributed by atoms with Crippen molar-refractivity contribution in [3.63, 3.8) is 0 Å². The number of hydrogen-bond donors (Lipinski definition) is 0. The Balaban J connectivity index is 1.64. The second-order valence-corrected chi connectivity index (χ2v) is 9.15. The van der Waals surface area contributed by atoms with Crippen molar-refractivity contribution in [3.8, 4) is 0 Å². The van der Waals surface area contributed by atoms with Gasteiger partial charge in [0.25, 0.3) is 0 Å². The maximum atomic E-state index is 12.1. The van der Waals surface area contributed by atoms with Gasteiger partial charge >= 0.3 is 0 Å². The maximum Gasteiger partial charge on any atom is 0.155 e. The van der Waals surface area contributed by atoms with Crippen LogP contribution in [0.25, 0.3) is 0 Å². The van der Waals surface area contributed by atoms with E-state index in [-0.39, 0.29) is 5.41 Å². The average Bonchev–Trinajstić information content (AvgIpc) is 2.83. The third-order valence-electron chi connectivity index (χ3n) is 8.12. The lowest BCUT2D eigenvalue weighted by molar-refractivity contribution is -0.127. The molecule has 0 aromatic heterocycles. The zero-order valence-corrected chi connectivity index (χ0v) is 14.8. The molecule has 3 fully saturated rings. The number of fused-ring (bicyclic) bond motifs is 5. The molecule has 0 amide bonds. The van der Waals surface area contributed by atoms with Gasteiger partial charge in [0.15, 0.2) is 5.78 Å². The number of hydrogen-bond acceptors (Lipinski definition) is 2. The van der Waals surface area contributed by atoms with Gasteiger partial charge in [-0.05, 0) is 86.5 Å². The summed E-state index contributed by atoms with van der Waals surface area (Å²) in [6.07, 6.45) is 9.95. The van der Waals surface area contributed by atoms with Gasteiger partial charge in [-0.15, -0.1) is 0 Å². The van der Waals surface area contributed by atoms with Crippen molar-refractivity contribution in [1.29, 1.82) is 0 Å². The van der Waals surface area contributed by atoms with Crippen LogP contribution in [0.15, 0.2) is 11.6 Å².